The summed E-state index contributed by atoms with van der Waals surface area (Å²) in [6, 6.07) is 13.5. The zero-order chi connectivity index (χ0) is 15.2. The van der Waals surface area contributed by atoms with E-state index in [0.29, 0.717) is 22.8 Å². The molecule has 0 saturated carbocycles. The zero-order valence-electron chi connectivity index (χ0n) is 11.8. The number of carbonyl (C=O) groups is 1. The number of methoxy groups -OCH3 is 2. The second kappa shape index (κ2) is 6.65. The molecule has 1 atom stereocenters. The molecule has 0 bridgehead atoms. The number of ether oxygens (including phenoxy) is 3. The Labute approximate surface area is 122 Å². The lowest BCUT2D eigenvalue weighted by Gasteiger charge is -2.16. The summed E-state index contributed by atoms with van der Waals surface area (Å²) < 4.78 is 15.6. The molecule has 1 N–H and O–H groups in total. The lowest BCUT2D eigenvalue weighted by Crippen LogP contribution is -2.18. The molecule has 0 aliphatic carbocycles. The molecule has 21 heavy (non-hydrogen) atoms. The van der Waals surface area contributed by atoms with Crippen molar-refractivity contribution in [1.82, 2.24) is 0 Å². The maximum absolute atomic E-state index is 11.4. The van der Waals surface area contributed by atoms with Crippen LogP contribution >= 0.6 is 0 Å². The van der Waals surface area contributed by atoms with Gasteiger partial charge in [0, 0.05) is 5.56 Å². The van der Waals surface area contributed by atoms with Gasteiger partial charge in [0.15, 0.2) is 0 Å². The number of aliphatic carboxylic acids is 1. The average molecular weight is 288 g/mol. The van der Waals surface area contributed by atoms with Gasteiger partial charge >= 0.3 is 5.97 Å². The van der Waals surface area contributed by atoms with Crippen molar-refractivity contribution in [3.05, 3.63) is 54.1 Å². The third-order valence-electron chi connectivity index (χ3n) is 2.96. The Morgan fingerprint density at radius 3 is 1.71 bits per heavy atom. The molecule has 5 heteroatoms. The van der Waals surface area contributed by atoms with Crippen LogP contribution in [-0.2, 0) is 4.79 Å². The van der Waals surface area contributed by atoms with E-state index in [1.165, 1.54) is 0 Å². The second-order valence-corrected chi connectivity index (χ2v) is 4.28. The predicted molar refractivity (Wildman–Crippen MR) is 77.0 cm³/mol. The summed E-state index contributed by atoms with van der Waals surface area (Å²) in [5.41, 5.74) is 0.541. The van der Waals surface area contributed by atoms with Crippen molar-refractivity contribution in [2.24, 2.45) is 0 Å². The first-order valence-electron chi connectivity index (χ1n) is 6.31. The monoisotopic (exact) mass is 288 g/mol. The molecule has 0 spiro atoms. The third kappa shape index (κ3) is 3.66. The van der Waals surface area contributed by atoms with Crippen LogP contribution in [0, 0.1) is 0 Å². The van der Waals surface area contributed by atoms with E-state index in [-0.39, 0.29) is 0 Å². The second-order valence-electron chi connectivity index (χ2n) is 4.28. The summed E-state index contributed by atoms with van der Waals surface area (Å²) in [7, 11) is 3.12. The highest BCUT2D eigenvalue weighted by molar-refractivity contribution is 5.75. The van der Waals surface area contributed by atoms with Crippen LogP contribution in [-0.4, -0.2) is 25.3 Å². The maximum Gasteiger partial charge on any atom is 0.349 e. The SMILES string of the molecule is COc1ccc(OC(C(=O)O)c2ccc(OC)cc2)cc1. The number of carboxylic acid groups (broad SMARTS) is 1. The molecule has 0 heterocycles. The fourth-order valence-corrected chi connectivity index (χ4v) is 1.83. The zero-order valence-corrected chi connectivity index (χ0v) is 11.8. The highest BCUT2D eigenvalue weighted by atomic mass is 16.5. The summed E-state index contributed by atoms with van der Waals surface area (Å²) in [4.78, 5) is 11.4. The number of hydrogen-bond donors (Lipinski definition) is 1. The van der Waals surface area contributed by atoms with Gasteiger partial charge < -0.3 is 19.3 Å². The van der Waals surface area contributed by atoms with Crippen LogP contribution in [0.2, 0.25) is 0 Å². The van der Waals surface area contributed by atoms with Gasteiger partial charge in [-0.3, -0.25) is 0 Å². The minimum Gasteiger partial charge on any atom is -0.497 e. The fraction of sp³-hybridized carbons (Fsp3) is 0.188. The van der Waals surface area contributed by atoms with Crippen molar-refractivity contribution >= 4 is 5.97 Å². The number of benzene rings is 2. The molecule has 5 nitrogen and oxygen atoms in total. The van der Waals surface area contributed by atoms with Crippen molar-refractivity contribution < 1.29 is 24.1 Å². The summed E-state index contributed by atoms with van der Waals surface area (Å²) in [5.74, 6) is 0.737. The van der Waals surface area contributed by atoms with Gasteiger partial charge in [-0.2, -0.15) is 0 Å². The van der Waals surface area contributed by atoms with Crippen molar-refractivity contribution in [2.45, 2.75) is 6.10 Å². The summed E-state index contributed by atoms with van der Waals surface area (Å²) in [6.07, 6.45) is -1.08. The van der Waals surface area contributed by atoms with E-state index < -0.39 is 12.1 Å². The van der Waals surface area contributed by atoms with Crippen LogP contribution in [0.1, 0.15) is 11.7 Å². The van der Waals surface area contributed by atoms with Gasteiger partial charge in [-0.1, -0.05) is 12.1 Å². The van der Waals surface area contributed by atoms with Gasteiger partial charge in [0.25, 0.3) is 0 Å². The van der Waals surface area contributed by atoms with Crippen LogP contribution in [0.3, 0.4) is 0 Å². The Kier molecular flexibility index (Phi) is 4.66. The molecule has 1 unspecified atom stereocenters. The molecule has 0 fully saturated rings. The van der Waals surface area contributed by atoms with E-state index in [1.54, 1.807) is 62.8 Å². The molecule has 0 aliphatic rings. The lowest BCUT2D eigenvalue weighted by molar-refractivity contribution is -0.145. The van der Waals surface area contributed by atoms with E-state index in [2.05, 4.69) is 0 Å². The number of carboxylic acids is 1. The van der Waals surface area contributed by atoms with Crippen LogP contribution in [0.15, 0.2) is 48.5 Å². The Bertz CT molecular complexity index is 589. The molecular weight excluding hydrogens is 272 g/mol. The minimum atomic E-state index is -1.08. The molecule has 0 aromatic heterocycles. The normalized spacial score (nSPS) is 11.5. The smallest absolute Gasteiger partial charge is 0.349 e. The van der Waals surface area contributed by atoms with Gasteiger partial charge in [-0.05, 0) is 36.4 Å². The van der Waals surface area contributed by atoms with E-state index in [4.69, 9.17) is 14.2 Å². The molecule has 0 amide bonds. The van der Waals surface area contributed by atoms with Gasteiger partial charge in [-0.15, -0.1) is 0 Å². The molecule has 0 saturated heterocycles. The first-order chi connectivity index (χ1) is 10.1. The highest BCUT2D eigenvalue weighted by Crippen LogP contribution is 2.25. The van der Waals surface area contributed by atoms with E-state index in [0.717, 1.165) is 0 Å². The van der Waals surface area contributed by atoms with Gasteiger partial charge in [0.2, 0.25) is 6.10 Å². The predicted octanol–water partition coefficient (Wildman–Crippen LogP) is 2.91. The number of rotatable bonds is 6. The van der Waals surface area contributed by atoms with Crippen molar-refractivity contribution in [2.75, 3.05) is 14.2 Å². The standard InChI is InChI=1S/C16H16O5/c1-19-12-5-3-11(4-6-12)15(16(17)18)21-14-9-7-13(20-2)8-10-14/h3-10,15H,1-2H3,(H,17,18). The van der Waals surface area contributed by atoms with Crippen LogP contribution < -0.4 is 14.2 Å². The Hall–Kier alpha value is -2.69. The van der Waals surface area contributed by atoms with Crippen molar-refractivity contribution in [3.8, 4) is 17.2 Å². The molecular formula is C16H16O5. The first-order valence-corrected chi connectivity index (χ1v) is 6.31. The molecule has 0 aliphatic heterocycles. The first kappa shape index (κ1) is 14.7. The van der Waals surface area contributed by atoms with E-state index in [1.807, 2.05) is 0 Å². The summed E-state index contributed by atoms with van der Waals surface area (Å²) >= 11 is 0. The largest absolute Gasteiger partial charge is 0.497 e. The van der Waals surface area contributed by atoms with Gasteiger partial charge in [0.05, 0.1) is 14.2 Å². The van der Waals surface area contributed by atoms with Gasteiger partial charge in [0.1, 0.15) is 17.2 Å². The molecule has 110 valence electrons. The molecule has 2 aromatic rings. The molecule has 2 rings (SSSR count). The molecule has 0 radical (unpaired) electrons. The maximum atomic E-state index is 11.4. The van der Waals surface area contributed by atoms with E-state index in [9.17, 15) is 9.90 Å². The summed E-state index contributed by atoms with van der Waals surface area (Å²) in [5, 5.41) is 9.33. The van der Waals surface area contributed by atoms with Crippen molar-refractivity contribution in [3.63, 3.8) is 0 Å². The van der Waals surface area contributed by atoms with Crippen LogP contribution in [0.5, 0.6) is 17.2 Å². The topological polar surface area (TPSA) is 65.0 Å². The highest BCUT2D eigenvalue weighted by Gasteiger charge is 2.22. The molecule has 2 aromatic carbocycles. The quantitative estimate of drug-likeness (QED) is 0.885. The lowest BCUT2D eigenvalue weighted by atomic mass is 10.1. The Morgan fingerprint density at radius 2 is 1.29 bits per heavy atom. The Balaban J connectivity index is 2.19. The average Bonchev–Trinajstić information content (AvgIpc) is 2.53. The Morgan fingerprint density at radius 1 is 0.857 bits per heavy atom. The minimum absolute atomic E-state index is 0.457. The fourth-order valence-electron chi connectivity index (χ4n) is 1.83. The number of hydrogen-bond acceptors (Lipinski definition) is 4. The third-order valence-corrected chi connectivity index (χ3v) is 2.96. The van der Waals surface area contributed by atoms with Crippen LogP contribution in [0.25, 0.3) is 0 Å². The van der Waals surface area contributed by atoms with Gasteiger partial charge in [-0.25, -0.2) is 4.79 Å². The van der Waals surface area contributed by atoms with E-state index >= 15 is 0 Å². The van der Waals surface area contributed by atoms with Crippen molar-refractivity contribution in [1.29, 1.82) is 0 Å². The summed E-state index contributed by atoms with van der Waals surface area (Å²) in [6.45, 7) is 0. The van der Waals surface area contributed by atoms with Crippen LogP contribution in [0.4, 0.5) is 0 Å².